The van der Waals surface area contributed by atoms with Gasteiger partial charge in [0.2, 0.25) is 0 Å². The number of benzene rings is 1. The highest BCUT2D eigenvalue weighted by molar-refractivity contribution is 6.31. The molecule has 5 nitrogen and oxygen atoms in total. The van der Waals surface area contributed by atoms with Gasteiger partial charge in [0.05, 0.1) is 29.2 Å². The third-order valence-electron chi connectivity index (χ3n) is 1.75. The molecular formula is C8H8ClNO4. The van der Waals surface area contributed by atoms with Crippen molar-refractivity contribution in [3.63, 3.8) is 0 Å². The van der Waals surface area contributed by atoms with E-state index in [0.717, 1.165) is 0 Å². The van der Waals surface area contributed by atoms with E-state index in [1.807, 2.05) is 0 Å². The Bertz CT molecular complexity index is 367. The Morgan fingerprint density at radius 1 is 1.64 bits per heavy atom. The second-order valence-electron chi connectivity index (χ2n) is 2.49. The summed E-state index contributed by atoms with van der Waals surface area (Å²) in [4.78, 5) is 10.0. The zero-order valence-corrected chi connectivity index (χ0v) is 8.11. The summed E-state index contributed by atoms with van der Waals surface area (Å²) in [6.45, 7) is -0.494. The lowest BCUT2D eigenvalue weighted by Gasteiger charge is -2.06. The Kier molecular flexibility index (Phi) is 3.27. The Hall–Kier alpha value is -1.33. The van der Waals surface area contributed by atoms with E-state index in [0.29, 0.717) is 0 Å². The molecule has 1 aromatic carbocycles. The first-order valence-electron chi connectivity index (χ1n) is 3.72. The summed E-state index contributed by atoms with van der Waals surface area (Å²) < 4.78 is 4.79. The van der Waals surface area contributed by atoms with Crippen LogP contribution >= 0.6 is 11.6 Å². The van der Waals surface area contributed by atoms with Crippen LogP contribution in [0.2, 0.25) is 5.02 Å². The van der Waals surface area contributed by atoms with Gasteiger partial charge in [-0.05, 0) is 12.1 Å². The molecule has 1 aromatic rings. The third-order valence-corrected chi connectivity index (χ3v) is 2.10. The zero-order chi connectivity index (χ0) is 10.7. The molecule has 0 unspecified atom stereocenters. The van der Waals surface area contributed by atoms with E-state index in [-0.39, 0.29) is 22.0 Å². The van der Waals surface area contributed by atoms with Crippen molar-refractivity contribution in [3.05, 3.63) is 32.8 Å². The quantitative estimate of drug-likeness (QED) is 0.618. The summed E-state index contributed by atoms with van der Waals surface area (Å²) in [6, 6.07) is 2.83. The molecule has 0 spiro atoms. The first-order valence-corrected chi connectivity index (χ1v) is 4.10. The normalized spacial score (nSPS) is 9.93. The van der Waals surface area contributed by atoms with E-state index in [1.165, 1.54) is 19.2 Å². The van der Waals surface area contributed by atoms with Crippen LogP contribution in [0.5, 0.6) is 5.75 Å². The minimum atomic E-state index is -0.629. The number of hydrogen-bond donors (Lipinski definition) is 1. The monoisotopic (exact) mass is 217 g/mol. The van der Waals surface area contributed by atoms with Crippen molar-refractivity contribution in [2.24, 2.45) is 0 Å². The van der Waals surface area contributed by atoms with Crippen molar-refractivity contribution in [1.82, 2.24) is 0 Å². The minimum absolute atomic E-state index is 0.0658. The molecule has 0 bridgehead atoms. The molecule has 0 saturated carbocycles. The molecule has 76 valence electrons. The van der Waals surface area contributed by atoms with Crippen LogP contribution in [-0.4, -0.2) is 17.1 Å². The number of ether oxygens (including phenoxy) is 1. The number of nitro groups is 1. The van der Waals surface area contributed by atoms with Crippen molar-refractivity contribution in [1.29, 1.82) is 0 Å². The third kappa shape index (κ3) is 1.78. The van der Waals surface area contributed by atoms with Gasteiger partial charge in [-0.2, -0.15) is 0 Å². The van der Waals surface area contributed by atoms with Crippen LogP contribution in [0.4, 0.5) is 5.69 Å². The molecule has 0 heterocycles. The molecule has 14 heavy (non-hydrogen) atoms. The summed E-state index contributed by atoms with van der Waals surface area (Å²) in [7, 11) is 1.32. The summed E-state index contributed by atoms with van der Waals surface area (Å²) in [5.41, 5.74) is -0.224. The number of methoxy groups -OCH3 is 1. The van der Waals surface area contributed by atoms with Crippen LogP contribution < -0.4 is 4.74 Å². The van der Waals surface area contributed by atoms with Gasteiger partial charge in [0.25, 0.3) is 0 Å². The lowest BCUT2D eigenvalue weighted by atomic mass is 10.2. The molecular weight excluding hydrogens is 210 g/mol. The number of nitrogens with zero attached hydrogens (tertiary/aromatic N) is 1. The zero-order valence-electron chi connectivity index (χ0n) is 7.36. The van der Waals surface area contributed by atoms with Crippen LogP contribution in [0.3, 0.4) is 0 Å². The van der Waals surface area contributed by atoms with E-state index in [4.69, 9.17) is 21.4 Å². The number of nitro benzene ring substituents is 1. The van der Waals surface area contributed by atoms with E-state index in [2.05, 4.69) is 0 Å². The van der Waals surface area contributed by atoms with Crippen LogP contribution in [0.15, 0.2) is 12.1 Å². The van der Waals surface area contributed by atoms with Crippen LogP contribution in [0.1, 0.15) is 5.56 Å². The van der Waals surface area contributed by atoms with Gasteiger partial charge in [-0.25, -0.2) is 0 Å². The van der Waals surface area contributed by atoms with Gasteiger partial charge in [0.1, 0.15) is 0 Å². The molecule has 0 aromatic heterocycles. The fourth-order valence-corrected chi connectivity index (χ4v) is 1.32. The molecule has 0 fully saturated rings. The average molecular weight is 218 g/mol. The Balaban J connectivity index is 3.43. The first-order chi connectivity index (χ1) is 6.61. The molecule has 0 amide bonds. The average Bonchev–Trinajstić information content (AvgIpc) is 2.17. The Labute approximate surface area is 85.0 Å². The Morgan fingerprint density at radius 2 is 2.29 bits per heavy atom. The van der Waals surface area contributed by atoms with Crippen LogP contribution in [0, 0.1) is 10.1 Å². The van der Waals surface area contributed by atoms with E-state index < -0.39 is 11.5 Å². The standard InChI is InChI=1S/C8H8ClNO4/c1-14-7-3-2-6(9)5(4-11)8(7)10(12)13/h2-3,11H,4H2,1H3. The largest absolute Gasteiger partial charge is 0.490 e. The molecule has 1 N–H and O–H groups in total. The molecule has 0 atom stereocenters. The molecule has 0 aliphatic rings. The van der Waals surface area contributed by atoms with Gasteiger partial charge >= 0.3 is 5.69 Å². The van der Waals surface area contributed by atoms with Crippen molar-refractivity contribution in [2.75, 3.05) is 7.11 Å². The Morgan fingerprint density at radius 3 is 2.71 bits per heavy atom. The fraction of sp³-hybridized carbons (Fsp3) is 0.250. The maximum atomic E-state index is 10.7. The van der Waals surface area contributed by atoms with Crippen molar-refractivity contribution in [2.45, 2.75) is 6.61 Å². The van der Waals surface area contributed by atoms with E-state index in [1.54, 1.807) is 0 Å². The molecule has 1 rings (SSSR count). The lowest BCUT2D eigenvalue weighted by molar-refractivity contribution is -0.386. The van der Waals surface area contributed by atoms with Crippen molar-refractivity contribution < 1.29 is 14.8 Å². The molecule has 6 heteroatoms. The predicted molar refractivity (Wildman–Crippen MR) is 50.6 cm³/mol. The lowest BCUT2D eigenvalue weighted by Crippen LogP contribution is -1.99. The highest BCUT2D eigenvalue weighted by Crippen LogP contribution is 2.35. The summed E-state index contributed by atoms with van der Waals surface area (Å²) >= 11 is 5.68. The van der Waals surface area contributed by atoms with Crippen molar-refractivity contribution in [3.8, 4) is 5.75 Å². The fourth-order valence-electron chi connectivity index (χ4n) is 1.11. The van der Waals surface area contributed by atoms with Gasteiger partial charge in [-0.3, -0.25) is 10.1 Å². The summed E-state index contributed by atoms with van der Waals surface area (Å²) in [6.07, 6.45) is 0. The maximum absolute atomic E-state index is 10.7. The summed E-state index contributed by atoms with van der Waals surface area (Å²) in [5.74, 6) is 0.0865. The van der Waals surface area contributed by atoms with E-state index >= 15 is 0 Å². The SMILES string of the molecule is COc1ccc(Cl)c(CO)c1[N+](=O)[O-]. The second kappa shape index (κ2) is 4.26. The van der Waals surface area contributed by atoms with Gasteiger partial charge in [0, 0.05) is 0 Å². The number of rotatable bonds is 3. The molecule has 0 aliphatic carbocycles. The topological polar surface area (TPSA) is 72.6 Å². The number of aliphatic hydroxyl groups is 1. The predicted octanol–water partition coefficient (Wildman–Crippen LogP) is 1.75. The second-order valence-corrected chi connectivity index (χ2v) is 2.90. The first kappa shape index (κ1) is 10.7. The smallest absolute Gasteiger partial charge is 0.317 e. The van der Waals surface area contributed by atoms with Crippen molar-refractivity contribution >= 4 is 17.3 Å². The van der Waals surface area contributed by atoms with Gasteiger partial charge in [-0.1, -0.05) is 11.6 Å². The molecule has 0 radical (unpaired) electrons. The van der Waals surface area contributed by atoms with Crippen LogP contribution in [0.25, 0.3) is 0 Å². The number of aliphatic hydroxyl groups excluding tert-OH is 1. The highest BCUT2D eigenvalue weighted by Gasteiger charge is 2.22. The molecule has 0 aliphatic heterocycles. The molecule has 0 saturated heterocycles. The number of hydrogen-bond acceptors (Lipinski definition) is 4. The highest BCUT2D eigenvalue weighted by atomic mass is 35.5. The number of halogens is 1. The maximum Gasteiger partial charge on any atom is 0.317 e. The summed E-state index contributed by atoms with van der Waals surface area (Å²) in [5, 5.41) is 19.7. The van der Waals surface area contributed by atoms with Gasteiger partial charge in [-0.15, -0.1) is 0 Å². The van der Waals surface area contributed by atoms with E-state index in [9.17, 15) is 10.1 Å². The van der Waals surface area contributed by atoms with Crippen LogP contribution in [-0.2, 0) is 6.61 Å². The minimum Gasteiger partial charge on any atom is -0.490 e. The van der Waals surface area contributed by atoms with Gasteiger partial charge in [0.15, 0.2) is 5.75 Å². The van der Waals surface area contributed by atoms with Gasteiger partial charge < -0.3 is 9.84 Å².